The molecule has 0 spiro atoms. The predicted molar refractivity (Wildman–Crippen MR) is 77.2 cm³/mol. The summed E-state index contributed by atoms with van der Waals surface area (Å²) in [4.78, 5) is 2.57. The summed E-state index contributed by atoms with van der Waals surface area (Å²) in [5, 5.41) is 0. The van der Waals surface area contributed by atoms with E-state index >= 15 is 0 Å². The van der Waals surface area contributed by atoms with Crippen molar-refractivity contribution in [1.29, 1.82) is 0 Å². The van der Waals surface area contributed by atoms with E-state index in [1.807, 2.05) is 0 Å². The van der Waals surface area contributed by atoms with Crippen molar-refractivity contribution in [3.8, 4) is 0 Å². The third kappa shape index (κ3) is 2.68. The second-order valence-corrected chi connectivity index (χ2v) is 6.11. The first-order valence-corrected chi connectivity index (χ1v) is 7.72. The molecule has 2 aliphatic rings. The third-order valence-corrected chi connectivity index (χ3v) is 5.47. The van der Waals surface area contributed by atoms with Gasteiger partial charge in [0.05, 0.1) is 12.2 Å². The topological polar surface area (TPSA) is 47.7 Å². The number of nitrogens with zero attached hydrogens (tertiary/aromatic N) is 1. The van der Waals surface area contributed by atoms with Crippen molar-refractivity contribution in [3.63, 3.8) is 0 Å². The minimum atomic E-state index is 0.178. The van der Waals surface area contributed by atoms with Gasteiger partial charge in [-0.05, 0) is 18.8 Å². The average Bonchev–Trinajstić information content (AvgIpc) is 2.90. The molecule has 0 bridgehead atoms. The molecule has 4 heteroatoms. The highest BCUT2D eigenvalue weighted by molar-refractivity contribution is 5.04. The van der Waals surface area contributed by atoms with Gasteiger partial charge in [0.1, 0.15) is 0 Å². The molecule has 0 aromatic heterocycles. The number of ether oxygens (including phenoxy) is 2. The van der Waals surface area contributed by atoms with Gasteiger partial charge in [0, 0.05) is 39.4 Å². The normalized spacial score (nSPS) is 40.7. The van der Waals surface area contributed by atoms with Crippen molar-refractivity contribution in [2.75, 3.05) is 33.9 Å². The van der Waals surface area contributed by atoms with E-state index in [-0.39, 0.29) is 17.7 Å². The van der Waals surface area contributed by atoms with Crippen LogP contribution in [0.3, 0.4) is 0 Å². The molecule has 19 heavy (non-hydrogen) atoms. The Morgan fingerprint density at radius 2 is 1.79 bits per heavy atom. The van der Waals surface area contributed by atoms with E-state index in [9.17, 15) is 0 Å². The zero-order valence-electron chi connectivity index (χ0n) is 12.7. The van der Waals surface area contributed by atoms with E-state index in [0.717, 1.165) is 25.6 Å². The Labute approximate surface area is 117 Å². The van der Waals surface area contributed by atoms with Crippen molar-refractivity contribution in [2.24, 2.45) is 11.7 Å². The van der Waals surface area contributed by atoms with Crippen LogP contribution < -0.4 is 5.73 Å². The first-order valence-electron chi connectivity index (χ1n) is 7.72. The number of hydrogen-bond acceptors (Lipinski definition) is 4. The van der Waals surface area contributed by atoms with Crippen LogP contribution in [-0.2, 0) is 9.47 Å². The molecule has 112 valence electrons. The Kier molecular flexibility index (Phi) is 5.23. The lowest BCUT2D eigenvalue weighted by molar-refractivity contribution is -0.00461. The van der Waals surface area contributed by atoms with Gasteiger partial charge >= 0.3 is 0 Å². The summed E-state index contributed by atoms with van der Waals surface area (Å²) in [6, 6.07) is 0. The Morgan fingerprint density at radius 3 is 2.26 bits per heavy atom. The number of rotatable bonds is 5. The van der Waals surface area contributed by atoms with E-state index in [2.05, 4.69) is 11.8 Å². The largest absolute Gasteiger partial charge is 0.377 e. The van der Waals surface area contributed by atoms with Gasteiger partial charge < -0.3 is 15.2 Å². The zero-order valence-corrected chi connectivity index (χ0v) is 12.7. The highest BCUT2D eigenvalue weighted by Gasteiger charge is 2.48. The van der Waals surface area contributed by atoms with Crippen LogP contribution >= 0.6 is 0 Å². The molecule has 1 aliphatic carbocycles. The summed E-state index contributed by atoms with van der Waals surface area (Å²) >= 11 is 0. The summed E-state index contributed by atoms with van der Waals surface area (Å²) in [7, 11) is 3.57. The summed E-state index contributed by atoms with van der Waals surface area (Å²) in [5.74, 6) is 0.722. The second-order valence-electron chi connectivity index (χ2n) is 6.11. The zero-order chi connectivity index (χ0) is 13.9. The number of nitrogens with two attached hydrogens (primary N) is 1. The maximum Gasteiger partial charge on any atom is 0.0972 e. The number of methoxy groups -OCH3 is 2. The van der Waals surface area contributed by atoms with Crippen molar-refractivity contribution in [3.05, 3.63) is 0 Å². The standard InChI is InChI=1S/C15H30N2O2/c1-4-12-7-5-6-8-15(12,11-16)17-9-13(18-2)14(10-17)19-3/h12-14H,4-11,16H2,1-3H3. The van der Waals surface area contributed by atoms with Gasteiger partial charge in [-0.3, -0.25) is 4.90 Å². The smallest absolute Gasteiger partial charge is 0.0972 e. The quantitative estimate of drug-likeness (QED) is 0.825. The van der Waals surface area contributed by atoms with Gasteiger partial charge in [0.2, 0.25) is 0 Å². The molecule has 0 aromatic rings. The van der Waals surface area contributed by atoms with Crippen LogP contribution in [0.15, 0.2) is 0 Å². The lowest BCUT2D eigenvalue weighted by atomic mass is 9.70. The predicted octanol–water partition coefficient (Wildman–Crippen LogP) is 1.63. The highest BCUT2D eigenvalue weighted by Crippen LogP contribution is 2.41. The lowest BCUT2D eigenvalue weighted by Gasteiger charge is -2.49. The van der Waals surface area contributed by atoms with E-state index < -0.39 is 0 Å². The maximum atomic E-state index is 6.23. The minimum Gasteiger partial charge on any atom is -0.377 e. The minimum absolute atomic E-state index is 0.178. The van der Waals surface area contributed by atoms with E-state index in [0.29, 0.717) is 0 Å². The summed E-state index contributed by atoms with van der Waals surface area (Å²) in [6.07, 6.45) is 6.81. The monoisotopic (exact) mass is 270 g/mol. The maximum absolute atomic E-state index is 6.23. The fourth-order valence-electron chi connectivity index (χ4n) is 4.25. The molecule has 1 heterocycles. The first-order chi connectivity index (χ1) is 9.21. The van der Waals surface area contributed by atoms with Crippen molar-refractivity contribution < 1.29 is 9.47 Å². The highest BCUT2D eigenvalue weighted by atomic mass is 16.5. The molecule has 1 aliphatic heterocycles. The van der Waals surface area contributed by atoms with Gasteiger partial charge in [0.15, 0.2) is 0 Å². The molecule has 1 saturated heterocycles. The SMILES string of the molecule is CCC1CCCCC1(CN)N1CC(OC)C(OC)C1. The van der Waals surface area contributed by atoms with Crippen LogP contribution in [0.25, 0.3) is 0 Å². The third-order valence-electron chi connectivity index (χ3n) is 5.47. The number of hydrogen-bond donors (Lipinski definition) is 1. The summed E-state index contributed by atoms with van der Waals surface area (Å²) in [6.45, 7) is 4.99. The molecule has 2 N–H and O–H groups in total. The van der Waals surface area contributed by atoms with Gasteiger partial charge in [-0.25, -0.2) is 0 Å². The van der Waals surface area contributed by atoms with Crippen LogP contribution in [0.1, 0.15) is 39.0 Å². The van der Waals surface area contributed by atoms with E-state index in [1.54, 1.807) is 14.2 Å². The Morgan fingerprint density at radius 1 is 1.16 bits per heavy atom. The molecular formula is C15H30N2O2. The first kappa shape index (κ1) is 15.2. The van der Waals surface area contributed by atoms with Crippen LogP contribution in [0.2, 0.25) is 0 Å². The molecule has 4 unspecified atom stereocenters. The second kappa shape index (κ2) is 6.53. The molecule has 2 rings (SSSR count). The molecule has 4 atom stereocenters. The van der Waals surface area contributed by atoms with Crippen LogP contribution in [0.4, 0.5) is 0 Å². The van der Waals surface area contributed by atoms with Crippen LogP contribution in [0.5, 0.6) is 0 Å². The summed E-state index contributed by atoms with van der Waals surface area (Å²) in [5.41, 5.74) is 6.41. The fraction of sp³-hybridized carbons (Fsp3) is 1.00. The molecule has 0 amide bonds. The molecule has 4 nitrogen and oxygen atoms in total. The van der Waals surface area contributed by atoms with E-state index in [4.69, 9.17) is 15.2 Å². The Bertz CT molecular complexity index is 275. The molecule has 0 aromatic carbocycles. The van der Waals surface area contributed by atoms with Gasteiger partial charge in [-0.2, -0.15) is 0 Å². The van der Waals surface area contributed by atoms with E-state index in [1.165, 1.54) is 32.1 Å². The fourth-order valence-corrected chi connectivity index (χ4v) is 4.25. The van der Waals surface area contributed by atoms with Gasteiger partial charge in [-0.15, -0.1) is 0 Å². The molecular weight excluding hydrogens is 240 g/mol. The average molecular weight is 270 g/mol. The van der Waals surface area contributed by atoms with Crippen molar-refractivity contribution in [2.45, 2.75) is 56.8 Å². The van der Waals surface area contributed by atoms with Gasteiger partial charge in [-0.1, -0.05) is 26.2 Å². The van der Waals surface area contributed by atoms with Gasteiger partial charge in [0.25, 0.3) is 0 Å². The number of likely N-dealkylation sites (tertiary alicyclic amines) is 1. The molecule has 2 fully saturated rings. The van der Waals surface area contributed by atoms with Crippen LogP contribution in [0, 0.1) is 5.92 Å². The molecule has 0 radical (unpaired) electrons. The Balaban J connectivity index is 2.16. The Hall–Kier alpha value is -0.160. The molecule has 1 saturated carbocycles. The van der Waals surface area contributed by atoms with Crippen molar-refractivity contribution in [1.82, 2.24) is 4.90 Å². The van der Waals surface area contributed by atoms with Crippen molar-refractivity contribution >= 4 is 0 Å². The summed E-state index contributed by atoms with van der Waals surface area (Å²) < 4.78 is 11.2. The lowest BCUT2D eigenvalue weighted by Crippen LogP contribution is -2.59. The van der Waals surface area contributed by atoms with Crippen LogP contribution in [-0.4, -0.2) is 56.5 Å².